The van der Waals surface area contributed by atoms with Crippen molar-refractivity contribution in [2.24, 2.45) is 0 Å². The van der Waals surface area contributed by atoms with E-state index in [0.717, 1.165) is 12.0 Å². The van der Waals surface area contributed by atoms with Gasteiger partial charge in [0.25, 0.3) is 0 Å². The monoisotopic (exact) mass is 265 g/mol. The summed E-state index contributed by atoms with van der Waals surface area (Å²) in [5.41, 5.74) is 2.26. The van der Waals surface area contributed by atoms with E-state index in [4.69, 9.17) is 0 Å². The highest BCUT2D eigenvalue weighted by Gasteiger charge is 2.05. The molecule has 0 saturated heterocycles. The summed E-state index contributed by atoms with van der Waals surface area (Å²) in [6.45, 7) is 2.02. The minimum atomic E-state index is -0.0581. The third-order valence-corrected chi connectivity index (χ3v) is 3.00. The van der Waals surface area contributed by atoms with Gasteiger partial charge in [-0.1, -0.05) is 60.7 Å². The molecule has 1 amide bonds. The van der Waals surface area contributed by atoms with Crippen molar-refractivity contribution in [2.45, 2.75) is 19.4 Å². The molecule has 0 bridgehead atoms. The maximum atomic E-state index is 11.8. The molecule has 0 aromatic heterocycles. The Morgan fingerprint density at radius 3 is 2.30 bits per heavy atom. The van der Waals surface area contributed by atoms with Gasteiger partial charge in [-0.05, 0) is 30.5 Å². The zero-order valence-electron chi connectivity index (χ0n) is 11.6. The lowest BCUT2D eigenvalue weighted by Crippen LogP contribution is -2.32. The molecular weight excluding hydrogens is 246 g/mol. The van der Waals surface area contributed by atoms with Gasteiger partial charge in [-0.15, -0.1) is 0 Å². The van der Waals surface area contributed by atoms with Crippen molar-refractivity contribution in [3.05, 3.63) is 77.9 Å². The minimum Gasteiger partial charge on any atom is -0.350 e. The molecule has 0 radical (unpaired) electrons. The maximum Gasteiger partial charge on any atom is 0.244 e. The van der Waals surface area contributed by atoms with Crippen LogP contribution in [-0.2, 0) is 11.2 Å². The van der Waals surface area contributed by atoms with Crippen LogP contribution >= 0.6 is 0 Å². The molecule has 0 aliphatic rings. The van der Waals surface area contributed by atoms with Crippen LogP contribution in [0.2, 0.25) is 0 Å². The summed E-state index contributed by atoms with van der Waals surface area (Å²) in [7, 11) is 0. The second-order valence-corrected chi connectivity index (χ2v) is 4.84. The number of benzene rings is 2. The van der Waals surface area contributed by atoms with E-state index in [2.05, 4.69) is 17.4 Å². The van der Waals surface area contributed by atoms with Crippen molar-refractivity contribution in [3.63, 3.8) is 0 Å². The first-order valence-corrected chi connectivity index (χ1v) is 6.81. The van der Waals surface area contributed by atoms with Crippen LogP contribution in [0.5, 0.6) is 0 Å². The van der Waals surface area contributed by atoms with Gasteiger partial charge in [0, 0.05) is 12.1 Å². The molecular formula is C18H19NO. The van der Waals surface area contributed by atoms with E-state index in [-0.39, 0.29) is 11.9 Å². The highest BCUT2D eigenvalue weighted by atomic mass is 16.1. The Kier molecular flexibility index (Phi) is 5.13. The molecule has 0 spiro atoms. The molecule has 2 aromatic carbocycles. The summed E-state index contributed by atoms with van der Waals surface area (Å²) >= 11 is 0. The lowest BCUT2D eigenvalue weighted by molar-refractivity contribution is -0.117. The van der Waals surface area contributed by atoms with E-state index >= 15 is 0 Å². The fourth-order valence-corrected chi connectivity index (χ4v) is 2.05. The summed E-state index contributed by atoms with van der Waals surface area (Å²) in [6.07, 6.45) is 4.24. The normalized spacial score (nSPS) is 12.2. The average molecular weight is 265 g/mol. The number of amides is 1. The van der Waals surface area contributed by atoms with Crippen molar-refractivity contribution in [1.82, 2.24) is 5.32 Å². The van der Waals surface area contributed by atoms with E-state index in [1.54, 1.807) is 6.08 Å². The second kappa shape index (κ2) is 7.29. The maximum absolute atomic E-state index is 11.8. The van der Waals surface area contributed by atoms with Gasteiger partial charge in [0.15, 0.2) is 0 Å². The molecule has 0 fully saturated rings. The first-order valence-electron chi connectivity index (χ1n) is 6.81. The first kappa shape index (κ1) is 14.1. The molecule has 1 atom stereocenters. The number of carbonyl (C=O) groups is 1. The molecule has 0 saturated carbocycles. The third-order valence-electron chi connectivity index (χ3n) is 3.00. The zero-order valence-corrected chi connectivity index (χ0v) is 11.6. The van der Waals surface area contributed by atoms with Crippen LogP contribution in [0.15, 0.2) is 66.7 Å². The van der Waals surface area contributed by atoms with Gasteiger partial charge in [0.05, 0.1) is 0 Å². The van der Waals surface area contributed by atoms with Crippen LogP contribution in [0.4, 0.5) is 0 Å². The molecule has 2 aromatic rings. The average Bonchev–Trinajstić information content (AvgIpc) is 2.47. The quantitative estimate of drug-likeness (QED) is 0.824. The van der Waals surface area contributed by atoms with Gasteiger partial charge in [-0.25, -0.2) is 0 Å². The zero-order chi connectivity index (χ0) is 14.2. The summed E-state index contributed by atoms with van der Waals surface area (Å²) in [6, 6.07) is 20.1. The third kappa shape index (κ3) is 4.73. The SMILES string of the molecule is C[C@H](Cc1ccccc1)NC(=O)/C=C/c1ccccc1. The summed E-state index contributed by atoms with van der Waals surface area (Å²) in [4.78, 5) is 11.8. The Morgan fingerprint density at radius 2 is 1.65 bits per heavy atom. The summed E-state index contributed by atoms with van der Waals surface area (Å²) in [5.74, 6) is -0.0581. The summed E-state index contributed by atoms with van der Waals surface area (Å²) < 4.78 is 0. The van der Waals surface area contributed by atoms with E-state index in [1.165, 1.54) is 5.56 Å². The van der Waals surface area contributed by atoms with Crippen LogP contribution in [-0.4, -0.2) is 11.9 Å². The topological polar surface area (TPSA) is 29.1 Å². The first-order chi connectivity index (χ1) is 9.74. The number of nitrogens with one attached hydrogen (secondary N) is 1. The van der Waals surface area contributed by atoms with Crippen LogP contribution in [0, 0.1) is 0 Å². The Balaban J connectivity index is 1.84. The highest BCUT2D eigenvalue weighted by Crippen LogP contribution is 2.03. The standard InChI is InChI=1S/C18H19NO/c1-15(14-17-10-6-3-7-11-17)19-18(20)13-12-16-8-4-2-5-9-16/h2-13,15H,14H2,1H3,(H,19,20)/b13-12+/t15-/m1/s1. The van der Waals surface area contributed by atoms with Gasteiger partial charge in [0.1, 0.15) is 0 Å². The number of hydrogen-bond donors (Lipinski definition) is 1. The van der Waals surface area contributed by atoms with E-state index in [9.17, 15) is 4.79 Å². The Hall–Kier alpha value is -2.35. The van der Waals surface area contributed by atoms with Crippen LogP contribution in [0.1, 0.15) is 18.1 Å². The van der Waals surface area contributed by atoms with E-state index in [1.807, 2.05) is 61.5 Å². The molecule has 0 heterocycles. The van der Waals surface area contributed by atoms with Gasteiger partial charge < -0.3 is 5.32 Å². The summed E-state index contributed by atoms with van der Waals surface area (Å²) in [5, 5.41) is 2.97. The minimum absolute atomic E-state index is 0.0581. The number of hydrogen-bond acceptors (Lipinski definition) is 1. The van der Waals surface area contributed by atoms with Gasteiger partial charge >= 0.3 is 0 Å². The van der Waals surface area contributed by atoms with E-state index < -0.39 is 0 Å². The molecule has 0 unspecified atom stereocenters. The molecule has 2 rings (SSSR count). The van der Waals surface area contributed by atoms with Gasteiger partial charge in [-0.2, -0.15) is 0 Å². The Morgan fingerprint density at radius 1 is 1.05 bits per heavy atom. The predicted molar refractivity (Wildman–Crippen MR) is 83.2 cm³/mol. The van der Waals surface area contributed by atoms with Crippen molar-refractivity contribution < 1.29 is 4.79 Å². The van der Waals surface area contributed by atoms with Crippen molar-refractivity contribution in [1.29, 1.82) is 0 Å². The molecule has 0 aliphatic heterocycles. The lowest BCUT2D eigenvalue weighted by Gasteiger charge is -2.12. The second-order valence-electron chi connectivity index (χ2n) is 4.84. The lowest BCUT2D eigenvalue weighted by atomic mass is 10.1. The Labute approximate surface area is 120 Å². The number of carbonyl (C=O) groups excluding carboxylic acids is 1. The Bertz CT molecular complexity index is 560. The molecule has 102 valence electrons. The molecule has 2 heteroatoms. The molecule has 20 heavy (non-hydrogen) atoms. The van der Waals surface area contributed by atoms with Crippen molar-refractivity contribution in [3.8, 4) is 0 Å². The molecule has 1 N–H and O–H groups in total. The fourth-order valence-electron chi connectivity index (χ4n) is 2.05. The van der Waals surface area contributed by atoms with Gasteiger partial charge in [0.2, 0.25) is 5.91 Å². The van der Waals surface area contributed by atoms with Crippen LogP contribution in [0.3, 0.4) is 0 Å². The van der Waals surface area contributed by atoms with E-state index in [0.29, 0.717) is 0 Å². The fraction of sp³-hybridized carbons (Fsp3) is 0.167. The molecule has 2 nitrogen and oxygen atoms in total. The largest absolute Gasteiger partial charge is 0.350 e. The smallest absolute Gasteiger partial charge is 0.244 e. The van der Waals surface area contributed by atoms with Crippen LogP contribution < -0.4 is 5.32 Å². The van der Waals surface area contributed by atoms with Gasteiger partial charge in [-0.3, -0.25) is 4.79 Å². The molecule has 0 aliphatic carbocycles. The predicted octanol–water partition coefficient (Wildman–Crippen LogP) is 3.45. The number of rotatable bonds is 5. The van der Waals surface area contributed by atoms with Crippen LogP contribution in [0.25, 0.3) is 6.08 Å². The van der Waals surface area contributed by atoms with Crippen molar-refractivity contribution in [2.75, 3.05) is 0 Å². The van der Waals surface area contributed by atoms with Crippen molar-refractivity contribution >= 4 is 12.0 Å². The highest BCUT2D eigenvalue weighted by molar-refractivity contribution is 5.91.